The third-order valence-corrected chi connectivity index (χ3v) is 5.03. The third kappa shape index (κ3) is 7.84. The van der Waals surface area contributed by atoms with E-state index in [9.17, 15) is 4.79 Å². The molecule has 2 rings (SSSR count). The number of esters is 1. The lowest BCUT2D eigenvalue weighted by Crippen LogP contribution is -2.11. The standard InChI is InChI=1S/C24H34N2O3/c1-4-6-16-28-23(27)21-18-25-24(26-22(21)20-14-10-7-11-15-20)29-17-12-8-9-13-19(3)5-2/h7,10-11,14-15,18-19H,4-6,8-9,12-13,16-17H2,1-3H3. The quantitative estimate of drug-likeness (QED) is 0.302. The van der Waals surface area contributed by atoms with Gasteiger partial charge < -0.3 is 9.47 Å². The van der Waals surface area contributed by atoms with E-state index in [1.54, 1.807) is 0 Å². The molecule has 1 aromatic heterocycles. The summed E-state index contributed by atoms with van der Waals surface area (Å²) in [5, 5.41) is 0. The van der Waals surface area contributed by atoms with E-state index in [0.717, 1.165) is 37.2 Å². The largest absolute Gasteiger partial charge is 0.463 e. The van der Waals surface area contributed by atoms with Crippen LogP contribution in [0.2, 0.25) is 0 Å². The summed E-state index contributed by atoms with van der Waals surface area (Å²) >= 11 is 0. The van der Waals surface area contributed by atoms with Crippen molar-refractivity contribution in [3.8, 4) is 17.3 Å². The monoisotopic (exact) mass is 398 g/mol. The Balaban J connectivity index is 2.01. The highest BCUT2D eigenvalue weighted by molar-refractivity contribution is 5.95. The second kappa shape index (κ2) is 12.9. The molecule has 0 bridgehead atoms. The van der Waals surface area contributed by atoms with Gasteiger partial charge in [-0.3, -0.25) is 0 Å². The van der Waals surface area contributed by atoms with Gasteiger partial charge in [0.15, 0.2) is 0 Å². The molecule has 5 nitrogen and oxygen atoms in total. The van der Waals surface area contributed by atoms with E-state index >= 15 is 0 Å². The summed E-state index contributed by atoms with van der Waals surface area (Å²) < 4.78 is 11.1. The van der Waals surface area contributed by atoms with Crippen molar-refractivity contribution >= 4 is 5.97 Å². The lowest BCUT2D eigenvalue weighted by atomic mass is 10.0. The number of carbonyl (C=O) groups is 1. The Morgan fingerprint density at radius 3 is 2.55 bits per heavy atom. The van der Waals surface area contributed by atoms with Crippen LogP contribution in [0.25, 0.3) is 11.3 Å². The zero-order chi connectivity index (χ0) is 20.9. The second-order valence-corrected chi connectivity index (χ2v) is 7.48. The van der Waals surface area contributed by atoms with Gasteiger partial charge in [-0.05, 0) is 18.8 Å². The summed E-state index contributed by atoms with van der Waals surface area (Å²) in [6, 6.07) is 9.91. The fraction of sp³-hybridized carbons (Fsp3) is 0.542. The fourth-order valence-electron chi connectivity index (χ4n) is 2.93. The highest BCUT2D eigenvalue weighted by Gasteiger charge is 2.18. The average Bonchev–Trinajstić information content (AvgIpc) is 2.76. The smallest absolute Gasteiger partial charge is 0.341 e. The maximum absolute atomic E-state index is 12.5. The number of unbranched alkanes of at least 4 members (excludes halogenated alkanes) is 3. The lowest BCUT2D eigenvalue weighted by molar-refractivity contribution is 0.0499. The molecule has 0 aliphatic heterocycles. The molecule has 0 aliphatic rings. The SMILES string of the molecule is CCCCOC(=O)c1cnc(OCCCCCC(C)CC)nc1-c1ccccc1. The van der Waals surface area contributed by atoms with E-state index in [4.69, 9.17) is 9.47 Å². The number of hydrogen-bond acceptors (Lipinski definition) is 5. The van der Waals surface area contributed by atoms with Gasteiger partial charge in [0.05, 0.1) is 18.9 Å². The minimum atomic E-state index is -0.395. The molecule has 0 N–H and O–H groups in total. The van der Waals surface area contributed by atoms with E-state index in [0.29, 0.717) is 30.5 Å². The molecular weight excluding hydrogens is 364 g/mol. The summed E-state index contributed by atoms with van der Waals surface area (Å²) in [7, 11) is 0. The first-order valence-corrected chi connectivity index (χ1v) is 10.9. The van der Waals surface area contributed by atoms with Crippen molar-refractivity contribution < 1.29 is 14.3 Å². The van der Waals surface area contributed by atoms with Crippen LogP contribution in [0.1, 0.15) is 76.1 Å². The number of rotatable bonds is 13. The van der Waals surface area contributed by atoms with Crippen LogP contribution in [-0.4, -0.2) is 29.2 Å². The number of benzene rings is 1. The molecule has 0 aliphatic carbocycles. The molecule has 0 radical (unpaired) electrons. The first-order chi connectivity index (χ1) is 14.2. The third-order valence-electron chi connectivity index (χ3n) is 5.03. The van der Waals surface area contributed by atoms with Crippen molar-refractivity contribution in [2.45, 2.75) is 65.7 Å². The van der Waals surface area contributed by atoms with Crippen LogP contribution in [-0.2, 0) is 4.74 Å². The van der Waals surface area contributed by atoms with Crippen LogP contribution >= 0.6 is 0 Å². The van der Waals surface area contributed by atoms with E-state index in [-0.39, 0.29) is 0 Å². The molecule has 0 amide bonds. The molecule has 2 aromatic rings. The molecule has 5 heteroatoms. The van der Waals surface area contributed by atoms with Crippen LogP contribution in [0.5, 0.6) is 6.01 Å². The van der Waals surface area contributed by atoms with Crippen molar-refractivity contribution in [1.29, 1.82) is 0 Å². The van der Waals surface area contributed by atoms with Gasteiger partial charge in [0.25, 0.3) is 0 Å². The summed E-state index contributed by atoms with van der Waals surface area (Å²) in [5.74, 6) is 0.395. The number of carbonyl (C=O) groups excluding carboxylic acids is 1. The summed E-state index contributed by atoms with van der Waals surface area (Å²) in [4.78, 5) is 21.3. The Labute approximate surface area is 174 Å². The molecule has 1 aromatic carbocycles. The predicted octanol–water partition coefficient (Wildman–Crippen LogP) is 6.09. The van der Waals surface area contributed by atoms with Gasteiger partial charge in [-0.2, -0.15) is 4.98 Å². The second-order valence-electron chi connectivity index (χ2n) is 7.48. The van der Waals surface area contributed by atoms with Crippen LogP contribution < -0.4 is 4.74 Å². The van der Waals surface area contributed by atoms with Gasteiger partial charge in [-0.25, -0.2) is 9.78 Å². The Bertz CT molecular complexity index is 734. The van der Waals surface area contributed by atoms with Crippen molar-refractivity contribution in [1.82, 2.24) is 9.97 Å². The topological polar surface area (TPSA) is 61.3 Å². The minimum absolute atomic E-state index is 0.302. The van der Waals surface area contributed by atoms with E-state index in [1.807, 2.05) is 30.3 Å². The molecule has 1 atom stereocenters. The van der Waals surface area contributed by atoms with Gasteiger partial charge in [-0.15, -0.1) is 0 Å². The molecule has 1 unspecified atom stereocenters. The van der Waals surface area contributed by atoms with Crippen molar-refractivity contribution in [2.75, 3.05) is 13.2 Å². The summed E-state index contributed by atoms with van der Waals surface area (Å²) in [5.41, 5.74) is 1.76. The summed E-state index contributed by atoms with van der Waals surface area (Å²) in [6.07, 6.45) is 9.16. The van der Waals surface area contributed by atoms with Gasteiger partial charge in [0.2, 0.25) is 0 Å². The molecule has 0 saturated heterocycles. The molecule has 29 heavy (non-hydrogen) atoms. The zero-order valence-corrected chi connectivity index (χ0v) is 18.0. The van der Waals surface area contributed by atoms with Gasteiger partial charge in [-0.1, -0.05) is 83.2 Å². The van der Waals surface area contributed by atoms with E-state index in [2.05, 4.69) is 30.7 Å². The zero-order valence-electron chi connectivity index (χ0n) is 18.0. The lowest BCUT2D eigenvalue weighted by Gasteiger charge is -2.11. The predicted molar refractivity (Wildman–Crippen MR) is 116 cm³/mol. The molecule has 0 saturated carbocycles. The van der Waals surface area contributed by atoms with Crippen LogP contribution in [0.3, 0.4) is 0 Å². The summed E-state index contributed by atoms with van der Waals surface area (Å²) in [6.45, 7) is 7.57. The molecule has 158 valence electrons. The number of aromatic nitrogens is 2. The highest BCUT2D eigenvalue weighted by Crippen LogP contribution is 2.24. The first kappa shape index (κ1) is 22.9. The molecule has 1 heterocycles. The van der Waals surface area contributed by atoms with Gasteiger partial charge in [0.1, 0.15) is 5.56 Å². The van der Waals surface area contributed by atoms with E-state index in [1.165, 1.54) is 25.5 Å². The molecular formula is C24H34N2O3. The van der Waals surface area contributed by atoms with Crippen LogP contribution in [0.4, 0.5) is 0 Å². The normalized spacial score (nSPS) is 11.8. The Morgan fingerprint density at radius 2 is 1.83 bits per heavy atom. The number of hydrogen-bond donors (Lipinski definition) is 0. The Morgan fingerprint density at radius 1 is 1.03 bits per heavy atom. The van der Waals surface area contributed by atoms with Crippen molar-refractivity contribution in [2.24, 2.45) is 5.92 Å². The van der Waals surface area contributed by atoms with Crippen LogP contribution in [0.15, 0.2) is 36.5 Å². The maximum Gasteiger partial charge on any atom is 0.341 e. The average molecular weight is 399 g/mol. The van der Waals surface area contributed by atoms with E-state index < -0.39 is 5.97 Å². The van der Waals surface area contributed by atoms with Crippen molar-refractivity contribution in [3.05, 3.63) is 42.1 Å². The highest BCUT2D eigenvalue weighted by atomic mass is 16.5. The maximum atomic E-state index is 12.5. The Hall–Kier alpha value is -2.43. The van der Waals surface area contributed by atoms with Crippen molar-refractivity contribution in [3.63, 3.8) is 0 Å². The Kier molecular flexibility index (Phi) is 10.2. The van der Waals surface area contributed by atoms with Gasteiger partial charge in [0, 0.05) is 11.8 Å². The first-order valence-electron chi connectivity index (χ1n) is 10.9. The molecule has 0 fully saturated rings. The number of ether oxygens (including phenoxy) is 2. The minimum Gasteiger partial charge on any atom is -0.463 e. The fourth-order valence-corrected chi connectivity index (χ4v) is 2.93. The number of nitrogens with zero attached hydrogens (tertiary/aromatic N) is 2. The van der Waals surface area contributed by atoms with Gasteiger partial charge >= 0.3 is 12.0 Å². The van der Waals surface area contributed by atoms with Crippen LogP contribution in [0, 0.1) is 5.92 Å². The molecule has 0 spiro atoms.